The lowest BCUT2D eigenvalue weighted by Gasteiger charge is -2.19. The number of rotatable bonds is 4. The Morgan fingerprint density at radius 1 is 1.36 bits per heavy atom. The summed E-state index contributed by atoms with van der Waals surface area (Å²) in [6.07, 6.45) is 0.992. The smallest absolute Gasteiger partial charge is 0.253 e. The van der Waals surface area contributed by atoms with Crippen molar-refractivity contribution in [3.63, 3.8) is 0 Å². The lowest BCUT2D eigenvalue weighted by atomic mass is 10.3. The van der Waals surface area contributed by atoms with Gasteiger partial charge in [-0.2, -0.15) is 11.3 Å². The molecule has 118 valence electrons. The van der Waals surface area contributed by atoms with Gasteiger partial charge in [0.1, 0.15) is 5.82 Å². The number of aromatic nitrogens is 2. The minimum absolute atomic E-state index is 0.0826. The van der Waals surface area contributed by atoms with Gasteiger partial charge < -0.3 is 4.90 Å². The van der Waals surface area contributed by atoms with Crippen molar-refractivity contribution in [2.75, 3.05) is 20.6 Å². The molecule has 0 aliphatic carbocycles. The van der Waals surface area contributed by atoms with Crippen molar-refractivity contribution >= 4 is 11.3 Å². The lowest BCUT2D eigenvalue weighted by Crippen LogP contribution is -2.28. The summed E-state index contributed by atoms with van der Waals surface area (Å²) in [6, 6.07) is 3.84. The Hall–Kier alpha value is -1.50. The van der Waals surface area contributed by atoms with Gasteiger partial charge in [0.05, 0.1) is 12.2 Å². The van der Waals surface area contributed by atoms with Gasteiger partial charge in [-0.1, -0.05) is 0 Å². The predicted octanol–water partition coefficient (Wildman–Crippen LogP) is 1.77. The molecule has 0 bridgehead atoms. The van der Waals surface area contributed by atoms with E-state index < -0.39 is 0 Å². The average molecular weight is 318 g/mol. The second kappa shape index (κ2) is 6.73. The first-order valence-electron chi connectivity index (χ1n) is 7.59. The monoisotopic (exact) mass is 318 g/mol. The van der Waals surface area contributed by atoms with E-state index in [1.54, 1.807) is 17.4 Å². The molecule has 0 aromatic carbocycles. The molecule has 5 nitrogen and oxygen atoms in total. The molecule has 0 unspecified atom stereocenters. The first kappa shape index (κ1) is 15.4. The summed E-state index contributed by atoms with van der Waals surface area (Å²) in [6.45, 7) is 4.14. The average Bonchev–Trinajstić information content (AvgIpc) is 2.85. The predicted molar refractivity (Wildman–Crippen MR) is 88.9 cm³/mol. The van der Waals surface area contributed by atoms with Crippen LogP contribution in [-0.4, -0.2) is 40.0 Å². The number of hydrogen-bond donors (Lipinski definition) is 0. The third-order valence-corrected chi connectivity index (χ3v) is 4.56. The fraction of sp³-hybridized carbons (Fsp3) is 0.500. The zero-order valence-corrected chi connectivity index (χ0v) is 14.0. The van der Waals surface area contributed by atoms with Gasteiger partial charge in [0.2, 0.25) is 0 Å². The quantitative estimate of drug-likeness (QED) is 0.861. The standard InChI is InChI=1S/C16H22N4OS/c1-18(2)10-14-8-16(21)20-6-3-5-19(11-15(20)17-14)9-13-4-7-22-12-13/h4,7-8,12H,3,5-6,9-11H2,1-2H3. The van der Waals surface area contributed by atoms with Crippen molar-refractivity contribution < 1.29 is 0 Å². The Balaban J connectivity index is 1.84. The highest BCUT2D eigenvalue weighted by atomic mass is 32.1. The number of nitrogens with zero attached hydrogens (tertiary/aromatic N) is 4. The number of thiophene rings is 1. The first-order chi connectivity index (χ1) is 10.6. The highest BCUT2D eigenvalue weighted by molar-refractivity contribution is 7.07. The van der Waals surface area contributed by atoms with Crippen molar-refractivity contribution in [1.82, 2.24) is 19.4 Å². The highest BCUT2D eigenvalue weighted by Gasteiger charge is 2.17. The van der Waals surface area contributed by atoms with Crippen LogP contribution in [0, 0.1) is 0 Å². The van der Waals surface area contributed by atoms with Crippen LogP contribution in [0.3, 0.4) is 0 Å². The van der Waals surface area contributed by atoms with Crippen LogP contribution in [0.2, 0.25) is 0 Å². The normalized spacial score (nSPS) is 15.8. The zero-order valence-electron chi connectivity index (χ0n) is 13.2. The second-order valence-corrected chi connectivity index (χ2v) is 6.87. The SMILES string of the molecule is CN(C)Cc1cc(=O)n2c(n1)CN(Cc1ccsc1)CCC2. The topological polar surface area (TPSA) is 41.4 Å². The van der Waals surface area contributed by atoms with Gasteiger partial charge in [0.15, 0.2) is 0 Å². The highest BCUT2D eigenvalue weighted by Crippen LogP contribution is 2.15. The Morgan fingerprint density at radius 3 is 2.95 bits per heavy atom. The minimum atomic E-state index is 0.0826. The van der Waals surface area contributed by atoms with Crippen LogP contribution in [-0.2, 0) is 26.2 Å². The Morgan fingerprint density at radius 2 is 2.23 bits per heavy atom. The van der Waals surface area contributed by atoms with Gasteiger partial charge in [0.25, 0.3) is 5.56 Å². The third-order valence-electron chi connectivity index (χ3n) is 3.83. The molecule has 2 aromatic heterocycles. The molecule has 1 aliphatic rings. The van der Waals surface area contributed by atoms with Crippen molar-refractivity contribution in [3.8, 4) is 0 Å². The molecule has 0 spiro atoms. The van der Waals surface area contributed by atoms with Gasteiger partial charge in [0, 0.05) is 32.2 Å². The molecule has 0 saturated carbocycles. The molecule has 2 aromatic rings. The molecule has 22 heavy (non-hydrogen) atoms. The molecule has 0 saturated heterocycles. The maximum Gasteiger partial charge on any atom is 0.253 e. The van der Waals surface area contributed by atoms with Crippen LogP contribution in [0.25, 0.3) is 0 Å². The summed E-state index contributed by atoms with van der Waals surface area (Å²) in [5.41, 5.74) is 2.28. The Labute approximate surface area is 134 Å². The van der Waals surface area contributed by atoms with Crippen LogP contribution in [0.15, 0.2) is 27.7 Å². The zero-order chi connectivity index (χ0) is 15.5. The molecular formula is C16H22N4OS. The van der Waals surface area contributed by atoms with E-state index in [1.807, 2.05) is 23.6 Å². The van der Waals surface area contributed by atoms with Crippen LogP contribution < -0.4 is 5.56 Å². The lowest BCUT2D eigenvalue weighted by molar-refractivity contribution is 0.258. The molecule has 0 radical (unpaired) electrons. The van der Waals surface area contributed by atoms with E-state index in [4.69, 9.17) is 4.98 Å². The van der Waals surface area contributed by atoms with E-state index in [-0.39, 0.29) is 5.56 Å². The molecule has 3 rings (SSSR count). The molecule has 6 heteroatoms. The Bertz CT molecular complexity index is 678. The fourth-order valence-electron chi connectivity index (χ4n) is 2.88. The molecule has 0 fully saturated rings. The molecular weight excluding hydrogens is 296 g/mol. The van der Waals surface area contributed by atoms with E-state index in [0.717, 1.165) is 44.1 Å². The van der Waals surface area contributed by atoms with Gasteiger partial charge in [-0.05, 0) is 42.9 Å². The third kappa shape index (κ3) is 3.63. The molecule has 0 atom stereocenters. The molecule has 0 N–H and O–H groups in total. The van der Waals surface area contributed by atoms with E-state index >= 15 is 0 Å². The van der Waals surface area contributed by atoms with Crippen LogP contribution in [0.4, 0.5) is 0 Å². The second-order valence-electron chi connectivity index (χ2n) is 6.09. The summed E-state index contributed by atoms with van der Waals surface area (Å²) in [4.78, 5) is 21.5. The van der Waals surface area contributed by atoms with E-state index in [0.29, 0.717) is 6.54 Å². The van der Waals surface area contributed by atoms with Crippen LogP contribution in [0.5, 0.6) is 0 Å². The summed E-state index contributed by atoms with van der Waals surface area (Å²) in [5, 5.41) is 4.30. The van der Waals surface area contributed by atoms with Crippen molar-refractivity contribution in [1.29, 1.82) is 0 Å². The summed E-state index contributed by atoms with van der Waals surface area (Å²) in [5.74, 6) is 0.900. The molecule has 3 heterocycles. The van der Waals surface area contributed by atoms with Gasteiger partial charge >= 0.3 is 0 Å². The first-order valence-corrected chi connectivity index (χ1v) is 8.54. The van der Waals surface area contributed by atoms with Crippen molar-refractivity contribution in [2.24, 2.45) is 0 Å². The summed E-state index contributed by atoms with van der Waals surface area (Å²) >= 11 is 1.73. The van der Waals surface area contributed by atoms with Gasteiger partial charge in [-0.15, -0.1) is 0 Å². The fourth-order valence-corrected chi connectivity index (χ4v) is 3.54. The molecule has 0 amide bonds. The van der Waals surface area contributed by atoms with Crippen molar-refractivity contribution in [2.45, 2.75) is 32.6 Å². The number of hydrogen-bond acceptors (Lipinski definition) is 5. The van der Waals surface area contributed by atoms with Gasteiger partial charge in [-0.25, -0.2) is 4.98 Å². The largest absolute Gasteiger partial charge is 0.304 e. The van der Waals surface area contributed by atoms with Crippen LogP contribution in [0.1, 0.15) is 23.5 Å². The maximum absolute atomic E-state index is 12.3. The molecule has 1 aliphatic heterocycles. The van der Waals surface area contributed by atoms with E-state index in [1.165, 1.54) is 5.56 Å². The van der Waals surface area contributed by atoms with E-state index in [9.17, 15) is 4.79 Å². The van der Waals surface area contributed by atoms with Gasteiger partial charge in [-0.3, -0.25) is 14.3 Å². The summed E-state index contributed by atoms with van der Waals surface area (Å²) in [7, 11) is 3.99. The maximum atomic E-state index is 12.3. The Kier molecular flexibility index (Phi) is 4.71. The number of fused-ring (bicyclic) bond motifs is 1. The van der Waals surface area contributed by atoms with Crippen molar-refractivity contribution in [3.05, 3.63) is 50.3 Å². The minimum Gasteiger partial charge on any atom is -0.304 e. The van der Waals surface area contributed by atoms with E-state index in [2.05, 4.69) is 21.7 Å². The summed E-state index contributed by atoms with van der Waals surface area (Å²) < 4.78 is 1.84. The van der Waals surface area contributed by atoms with Crippen LogP contribution >= 0.6 is 11.3 Å².